The maximum atomic E-state index is 11.8. The van der Waals surface area contributed by atoms with Crippen LogP contribution in [0.25, 0.3) is 0 Å². The number of hydrogen-bond donors (Lipinski definition) is 2. The Kier molecular flexibility index (Phi) is 3.71. The average Bonchev–Trinajstić information content (AvgIpc) is 2.65. The zero-order chi connectivity index (χ0) is 10.7. The van der Waals surface area contributed by atoms with Crippen molar-refractivity contribution in [2.24, 2.45) is 5.92 Å². The number of amides is 1. The lowest BCUT2D eigenvalue weighted by molar-refractivity contribution is -0.120. The van der Waals surface area contributed by atoms with Gasteiger partial charge in [0.05, 0.1) is 9.98 Å². The van der Waals surface area contributed by atoms with E-state index in [1.54, 1.807) is 6.20 Å². The largest absolute Gasteiger partial charge is 0.317 e. The van der Waals surface area contributed by atoms with E-state index in [0.29, 0.717) is 5.13 Å². The first-order chi connectivity index (χ1) is 7.25. The quantitative estimate of drug-likeness (QED) is 0.874. The van der Waals surface area contributed by atoms with Crippen molar-refractivity contribution in [3.8, 4) is 0 Å². The highest BCUT2D eigenvalue weighted by Crippen LogP contribution is 2.24. The highest BCUT2D eigenvalue weighted by molar-refractivity contribution is 9.11. The van der Waals surface area contributed by atoms with Gasteiger partial charge < -0.3 is 10.6 Å². The molecule has 0 aromatic carbocycles. The fourth-order valence-corrected chi connectivity index (χ4v) is 2.71. The summed E-state index contributed by atoms with van der Waals surface area (Å²) in [6.07, 6.45) is 3.53. The average molecular weight is 290 g/mol. The van der Waals surface area contributed by atoms with Crippen LogP contribution in [-0.4, -0.2) is 24.0 Å². The second-order valence-corrected chi connectivity index (χ2v) is 5.89. The molecule has 15 heavy (non-hydrogen) atoms. The summed E-state index contributed by atoms with van der Waals surface area (Å²) in [5.41, 5.74) is 0. The first-order valence-corrected chi connectivity index (χ1v) is 6.49. The first kappa shape index (κ1) is 11.0. The Morgan fingerprint density at radius 3 is 2.93 bits per heavy atom. The number of rotatable bonds is 2. The molecule has 4 nitrogen and oxygen atoms in total. The number of halogens is 1. The molecule has 2 N–H and O–H groups in total. The molecule has 1 saturated heterocycles. The second-order valence-electron chi connectivity index (χ2n) is 3.48. The number of piperidine rings is 1. The summed E-state index contributed by atoms with van der Waals surface area (Å²) < 4.78 is 0.933. The highest BCUT2D eigenvalue weighted by atomic mass is 79.9. The number of carbonyl (C=O) groups excluding carboxylic acids is 1. The minimum absolute atomic E-state index is 0.0957. The van der Waals surface area contributed by atoms with Gasteiger partial charge in [0.15, 0.2) is 5.13 Å². The molecule has 0 unspecified atom stereocenters. The third kappa shape index (κ3) is 2.99. The molecule has 0 atom stereocenters. The number of thiazole rings is 1. The number of aromatic nitrogens is 1. The van der Waals surface area contributed by atoms with Crippen LogP contribution in [0.5, 0.6) is 0 Å². The lowest BCUT2D eigenvalue weighted by Gasteiger charge is -2.20. The fraction of sp³-hybridized carbons (Fsp3) is 0.556. The summed E-state index contributed by atoms with van der Waals surface area (Å²) in [7, 11) is 0. The van der Waals surface area contributed by atoms with E-state index in [4.69, 9.17) is 0 Å². The van der Waals surface area contributed by atoms with Gasteiger partial charge in [0, 0.05) is 5.92 Å². The minimum atomic E-state index is 0.0957. The van der Waals surface area contributed by atoms with Crippen molar-refractivity contribution < 1.29 is 4.79 Å². The Bertz CT molecular complexity index is 349. The first-order valence-electron chi connectivity index (χ1n) is 4.88. The van der Waals surface area contributed by atoms with Gasteiger partial charge in [0.25, 0.3) is 0 Å². The van der Waals surface area contributed by atoms with Gasteiger partial charge >= 0.3 is 0 Å². The molecule has 1 aromatic heterocycles. The van der Waals surface area contributed by atoms with Gasteiger partial charge in [-0.05, 0) is 41.9 Å². The topological polar surface area (TPSA) is 54.0 Å². The van der Waals surface area contributed by atoms with E-state index in [9.17, 15) is 4.79 Å². The van der Waals surface area contributed by atoms with E-state index in [2.05, 4.69) is 31.5 Å². The van der Waals surface area contributed by atoms with Crippen LogP contribution >= 0.6 is 27.3 Å². The third-order valence-electron chi connectivity index (χ3n) is 2.42. The lowest BCUT2D eigenvalue weighted by atomic mass is 9.97. The number of nitrogens with zero attached hydrogens (tertiary/aromatic N) is 1. The van der Waals surface area contributed by atoms with Gasteiger partial charge in [-0.25, -0.2) is 4.98 Å². The van der Waals surface area contributed by atoms with Crippen molar-refractivity contribution in [1.82, 2.24) is 10.3 Å². The third-order valence-corrected chi connectivity index (χ3v) is 3.81. The molecule has 1 aliphatic rings. The predicted octanol–water partition coefficient (Wildman–Crippen LogP) is 1.84. The van der Waals surface area contributed by atoms with Crippen LogP contribution in [-0.2, 0) is 4.79 Å². The van der Waals surface area contributed by atoms with Crippen LogP contribution in [0, 0.1) is 5.92 Å². The van der Waals surface area contributed by atoms with E-state index in [1.807, 2.05) is 0 Å². The summed E-state index contributed by atoms with van der Waals surface area (Å²) in [6.45, 7) is 1.86. The molecule has 1 aromatic rings. The summed E-state index contributed by atoms with van der Waals surface area (Å²) in [6, 6.07) is 0. The molecule has 1 fully saturated rings. The van der Waals surface area contributed by atoms with Gasteiger partial charge in [-0.3, -0.25) is 4.79 Å². The van der Waals surface area contributed by atoms with Crippen LogP contribution in [0.1, 0.15) is 12.8 Å². The Morgan fingerprint density at radius 2 is 2.33 bits per heavy atom. The molecular formula is C9H12BrN3OS. The number of anilines is 1. The van der Waals surface area contributed by atoms with Crippen LogP contribution in [0.3, 0.4) is 0 Å². The molecule has 2 rings (SSSR count). The number of hydrogen-bond acceptors (Lipinski definition) is 4. The van der Waals surface area contributed by atoms with Crippen LogP contribution in [0.15, 0.2) is 9.98 Å². The van der Waals surface area contributed by atoms with E-state index >= 15 is 0 Å². The van der Waals surface area contributed by atoms with Crippen molar-refractivity contribution in [3.05, 3.63) is 9.98 Å². The molecule has 0 spiro atoms. The Labute approximate surface area is 101 Å². The number of nitrogens with one attached hydrogen (secondary N) is 2. The minimum Gasteiger partial charge on any atom is -0.317 e. The molecule has 1 amide bonds. The van der Waals surface area contributed by atoms with Crippen LogP contribution in [0.4, 0.5) is 5.13 Å². The van der Waals surface area contributed by atoms with Crippen molar-refractivity contribution in [2.45, 2.75) is 12.8 Å². The fourth-order valence-electron chi connectivity index (χ4n) is 1.60. The summed E-state index contributed by atoms with van der Waals surface area (Å²) in [4.78, 5) is 15.9. The molecule has 82 valence electrons. The van der Waals surface area contributed by atoms with Crippen molar-refractivity contribution in [1.29, 1.82) is 0 Å². The molecule has 0 aliphatic carbocycles. The zero-order valence-corrected chi connectivity index (χ0v) is 10.5. The van der Waals surface area contributed by atoms with Gasteiger partial charge in [-0.1, -0.05) is 11.3 Å². The predicted molar refractivity (Wildman–Crippen MR) is 64.0 cm³/mol. The van der Waals surface area contributed by atoms with Crippen molar-refractivity contribution in [3.63, 3.8) is 0 Å². The molecule has 0 radical (unpaired) electrons. The summed E-state index contributed by atoms with van der Waals surface area (Å²) >= 11 is 4.75. The van der Waals surface area contributed by atoms with E-state index in [0.717, 1.165) is 29.7 Å². The molecule has 6 heteroatoms. The van der Waals surface area contributed by atoms with E-state index in [1.165, 1.54) is 11.3 Å². The molecule has 0 bridgehead atoms. The van der Waals surface area contributed by atoms with E-state index < -0.39 is 0 Å². The van der Waals surface area contributed by atoms with E-state index in [-0.39, 0.29) is 11.8 Å². The Morgan fingerprint density at radius 1 is 1.60 bits per heavy atom. The van der Waals surface area contributed by atoms with Crippen molar-refractivity contribution >= 4 is 38.3 Å². The number of carbonyl (C=O) groups is 1. The monoisotopic (exact) mass is 289 g/mol. The zero-order valence-electron chi connectivity index (χ0n) is 8.12. The van der Waals surface area contributed by atoms with Gasteiger partial charge in [0.2, 0.25) is 5.91 Å². The van der Waals surface area contributed by atoms with Gasteiger partial charge in [-0.15, -0.1) is 0 Å². The normalized spacial score (nSPS) is 17.7. The van der Waals surface area contributed by atoms with Gasteiger partial charge in [0.1, 0.15) is 0 Å². The Hall–Kier alpha value is -0.460. The smallest absolute Gasteiger partial charge is 0.229 e. The molecule has 2 heterocycles. The molecule has 1 aliphatic heterocycles. The summed E-state index contributed by atoms with van der Waals surface area (Å²) in [5, 5.41) is 6.75. The maximum absolute atomic E-state index is 11.8. The van der Waals surface area contributed by atoms with Crippen LogP contribution in [0.2, 0.25) is 0 Å². The SMILES string of the molecule is O=C(Nc1ncc(Br)s1)C1CCNCC1. The summed E-state index contributed by atoms with van der Waals surface area (Å²) in [5.74, 6) is 0.229. The van der Waals surface area contributed by atoms with Crippen molar-refractivity contribution in [2.75, 3.05) is 18.4 Å². The molecule has 0 saturated carbocycles. The van der Waals surface area contributed by atoms with Crippen LogP contribution < -0.4 is 10.6 Å². The highest BCUT2D eigenvalue weighted by Gasteiger charge is 2.21. The second kappa shape index (κ2) is 5.05. The standard InChI is InChI=1S/C9H12BrN3OS/c10-7-5-12-9(15-7)13-8(14)6-1-3-11-4-2-6/h5-6,11H,1-4H2,(H,12,13,14). The maximum Gasteiger partial charge on any atom is 0.229 e. The molecular weight excluding hydrogens is 278 g/mol. The van der Waals surface area contributed by atoms with Gasteiger partial charge in [-0.2, -0.15) is 0 Å². The Balaban J connectivity index is 1.91. The lowest BCUT2D eigenvalue weighted by Crippen LogP contribution is -2.34.